The van der Waals surface area contributed by atoms with Gasteiger partial charge in [0.05, 0.1) is 0 Å². The number of benzene rings is 2. The highest BCUT2D eigenvalue weighted by molar-refractivity contribution is 5.98. The molecule has 2 aromatic carbocycles. The third-order valence-corrected chi connectivity index (χ3v) is 4.50. The molecule has 1 heterocycles. The molecular formula is C20H20N4O2. The predicted octanol–water partition coefficient (Wildman–Crippen LogP) is 2.35. The summed E-state index contributed by atoms with van der Waals surface area (Å²) in [7, 11) is 0. The summed E-state index contributed by atoms with van der Waals surface area (Å²) in [5, 5.41) is 14.6. The zero-order valence-electron chi connectivity index (χ0n) is 14.6. The second kappa shape index (κ2) is 7.70. The van der Waals surface area contributed by atoms with E-state index in [1.54, 1.807) is 9.80 Å². The van der Waals surface area contributed by atoms with E-state index in [0.29, 0.717) is 26.2 Å². The van der Waals surface area contributed by atoms with Crippen molar-refractivity contribution in [2.24, 2.45) is 0 Å². The smallest absolute Gasteiger partial charge is 0.266 e. The molecule has 1 N–H and O–H groups in total. The molecule has 1 saturated heterocycles. The summed E-state index contributed by atoms with van der Waals surface area (Å²) >= 11 is 0. The number of rotatable bonds is 3. The molecule has 6 heteroatoms. The van der Waals surface area contributed by atoms with Gasteiger partial charge in [-0.1, -0.05) is 30.3 Å². The normalized spacial score (nSPS) is 14.8. The number of piperazine rings is 1. The molecule has 132 valence electrons. The largest absolute Gasteiger partial charge is 0.360 e. The van der Waals surface area contributed by atoms with Gasteiger partial charge in [-0.15, -0.1) is 0 Å². The first-order valence-electron chi connectivity index (χ1n) is 8.49. The number of hydrogen-bond donors (Lipinski definition) is 1. The first kappa shape index (κ1) is 17.5. The van der Waals surface area contributed by atoms with Gasteiger partial charge in [-0.3, -0.25) is 9.59 Å². The van der Waals surface area contributed by atoms with Crippen molar-refractivity contribution in [1.82, 2.24) is 9.80 Å². The average Bonchev–Trinajstić information content (AvgIpc) is 2.68. The van der Waals surface area contributed by atoms with Crippen molar-refractivity contribution < 1.29 is 9.59 Å². The summed E-state index contributed by atoms with van der Waals surface area (Å²) in [6.07, 6.45) is 1.45. The van der Waals surface area contributed by atoms with E-state index in [1.807, 2.05) is 48.5 Å². The van der Waals surface area contributed by atoms with Crippen LogP contribution in [0.2, 0.25) is 0 Å². The van der Waals surface area contributed by atoms with E-state index in [9.17, 15) is 14.9 Å². The number of anilines is 1. The monoisotopic (exact) mass is 348 g/mol. The number of nitrogens with one attached hydrogen (secondary N) is 1. The molecule has 26 heavy (non-hydrogen) atoms. The van der Waals surface area contributed by atoms with Crippen LogP contribution in [0.1, 0.15) is 6.92 Å². The van der Waals surface area contributed by atoms with Gasteiger partial charge >= 0.3 is 0 Å². The van der Waals surface area contributed by atoms with Gasteiger partial charge in [0.25, 0.3) is 5.91 Å². The molecule has 0 radical (unpaired) electrons. The molecule has 0 atom stereocenters. The van der Waals surface area contributed by atoms with Crippen molar-refractivity contribution in [3.8, 4) is 6.07 Å². The SMILES string of the molecule is CC(=O)N1CCN(C(=O)/C(C#N)=C\Nc2ccc3ccccc3c2)CC1. The molecule has 0 spiro atoms. The van der Waals surface area contributed by atoms with Gasteiger partial charge < -0.3 is 15.1 Å². The third kappa shape index (κ3) is 3.83. The van der Waals surface area contributed by atoms with Crippen LogP contribution in [0.4, 0.5) is 5.69 Å². The lowest BCUT2D eigenvalue weighted by atomic mass is 10.1. The van der Waals surface area contributed by atoms with Crippen LogP contribution in [0.25, 0.3) is 10.8 Å². The van der Waals surface area contributed by atoms with Crippen LogP contribution in [0.15, 0.2) is 54.2 Å². The maximum absolute atomic E-state index is 12.5. The zero-order valence-corrected chi connectivity index (χ0v) is 14.6. The third-order valence-electron chi connectivity index (χ3n) is 4.50. The lowest BCUT2D eigenvalue weighted by molar-refractivity contribution is -0.136. The Morgan fingerprint density at radius 3 is 2.35 bits per heavy atom. The van der Waals surface area contributed by atoms with Crippen molar-refractivity contribution in [2.75, 3.05) is 31.5 Å². The number of carbonyl (C=O) groups excluding carboxylic acids is 2. The highest BCUT2D eigenvalue weighted by Crippen LogP contribution is 2.19. The van der Waals surface area contributed by atoms with Crippen molar-refractivity contribution in [3.63, 3.8) is 0 Å². The van der Waals surface area contributed by atoms with Gasteiger partial charge in [-0.05, 0) is 22.9 Å². The second-order valence-corrected chi connectivity index (χ2v) is 6.17. The molecule has 1 aliphatic heterocycles. The van der Waals surface area contributed by atoms with Gasteiger partial charge in [-0.2, -0.15) is 5.26 Å². The minimum atomic E-state index is -0.316. The fourth-order valence-electron chi connectivity index (χ4n) is 2.97. The van der Waals surface area contributed by atoms with Gasteiger partial charge in [0.1, 0.15) is 11.6 Å². The van der Waals surface area contributed by atoms with E-state index in [2.05, 4.69) is 5.32 Å². The lowest BCUT2D eigenvalue weighted by Crippen LogP contribution is -2.50. The van der Waals surface area contributed by atoms with Crippen molar-refractivity contribution in [2.45, 2.75) is 6.92 Å². The van der Waals surface area contributed by atoms with Crippen molar-refractivity contribution in [3.05, 3.63) is 54.2 Å². The van der Waals surface area contributed by atoms with Crippen LogP contribution in [0.5, 0.6) is 0 Å². The molecule has 3 rings (SSSR count). The fraction of sp³-hybridized carbons (Fsp3) is 0.250. The first-order chi connectivity index (χ1) is 12.6. The second-order valence-electron chi connectivity index (χ2n) is 6.17. The van der Waals surface area contributed by atoms with E-state index < -0.39 is 0 Å². The Morgan fingerprint density at radius 2 is 1.69 bits per heavy atom. The van der Waals surface area contributed by atoms with Crippen molar-refractivity contribution >= 4 is 28.3 Å². The molecule has 1 aliphatic rings. The van der Waals surface area contributed by atoms with Crippen LogP contribution in [0.3, 0.4) is 0 Å². The molecular weight excluding hydrogens is 328 g/mol. The summed E-state index contributed by atoms with van der Waals surface area (Å²) < 4.78 is 0. The highest BCUT2D eigenvalue weighted by Gasteiger charge is 2.24. The average molecular weight is 348 g/mol. The number of hydrogen-bond acceptors (Lipinski definition) is 4. The number of nitriles is 1. The molecule has 0 bridgehead atoms. The Bertz CT molecular complexity index is 905. The number of carbonyl (C=O) groups is 2. The minimum absolute atomic E-state index is 0.00567. The molecule has 0 aliphatic carbocycles. The van der Waals surface area contributed by atoms with Crippen LogP contribution in [-0.2, 0) is 9.59 Å². The standard InChI is InChI=1S/C20H20N4O2/c1-15(25)23-8-10-24(11-9-23)20(26)18(13-21)14-22-19-7-6-16-4-2-3-5-17(16)12-19/h2-7,12,14,22H,8-11H2,1H3/b18-14-. The maximum Gasteiger partial charge on any atom is 0.266 e. The number of amides is 2. The van der Waals surface area contributed by atoms with Crippen molar-refractivity contribution in [1.29, 1.82) is 5.26 Å². The van der Waals surface area contributed by atoms with E-state index >= 15 is 0 Å². The zero-order chi connectivity index (χ0) is 18.5. The summed E-state index contributed by atoms with van der Waals surface area (Å²) in [6.45, 7) is 3.39. The summed E-state index contributed by atoms with van der Waals surface area (Å²) in [4.78, 5) is 27.2. The van der Waals surface area contributed by atoms with E-state index in [-0.39, 0.29) is 17.4 Å². The topological polar surface area (TPSA) is 76.4 Å². The Morgan fingerprint density at radius 1 is 1.04 bits per heavy atom. The van der Waals surface area contributed by atoms with Crippen LogP contribution in [-0.4, -0.2) is 47.8 Å². The molecule has 6 nitrogen and oxygen atoms in total. The van der Waals surface area contributed by atoms with E-state index in [1.165, 1.54) is 13.1 Å². The fourth-order valence-corrected chi connectivity index (χ4v) is 2.97. The van der Waals surface area contributed by atoms with E-state index in [4.69, 9.17) is 0 Å². The minimum Gasteiger partial charge on any atom is -0.360 e. The molecule has 2 aromatic rings. The van der Waals surface area contributed by atoms with Gasteiger partial charge in [0.2, 0.25) is 5.91 Å². The molecule has 0 aromatic heterocycles. The molecule has 1 fully saturated rings. The van der Waals surface area contributed by atoms with Crippen LogP contribution in [0, 0.1) is 11.3 Å². The summed E-state index contributed by atoms with van der Waals surface area (Å²) in [5.41, 5.74) is 0.861. The van der Waals surface area contributed by atoms with E-state index in [0.717, 1.165) is 16.5 Å². The maximum atomic E-state index is 12.5. The Labute approximate surface area is 152 Å². The molecule has 2 amide bonds. The Hall–Kier alpha value is -3.33. The Balaban J connectivity index is 1.68. The van der Waals surface area contributed by atoms with Gasteiger partial charge in [-0.25, -0.2) is 0 Å². The molecule has 0 saturated carbocycles. The first-order valence-corrected chi connectivity index (χ1v) is 8.49. The molecule has 0 unspecified atom stereocenters. The summed E-state index contributed by atoms with van der Waals surface area (Å²) in [6, 6.07) is 15.8. The highest BCUT2D eigenvalue weighted by atomic mass is 16.2. The Kier molecular flexibility index (Phi) is 5.18. The predicted molar refractivity (Wildman–Crippen MR) is 100 cm³/mol. The van der Waals surface area contributed by atoms with Gasteiger partial charge in [0.15, 0.2) is 0 Å². The van der Waals surface area contributed by atoms with Crippen LogP contribution >= 0.6 is 0 Å². The quantitative estimate of drug-likeness (QED) is 0.682. The number of fused-ring (bicyclic) bond motifs is 1. The summed E-state index contributed by atoms with van der Waals surface area (Å²) in [5.74, 6) is -0.310. The van der Waals surface area contributed by atoms with Crippen LogP contribution < -0.4 is 5.32 Å². The lowest BCUT2D eigenvalue weighted by Gasteiger charge is -2.34. The van der Waals surface area contributed by atoms with Gasteiger partial charge in [0, 0.05) is 45.0 Å². The number of nitrogens with zero attached hydrogens (tertiary/aromatic N) is 3.